The van der Waals surface area contributed by atoms with E-state index in [1.807, 2.05) is 38.4 Å². The first-order valence-corrected chi connectivity index (χ1v) is 6.56. The summed E-state index contributed by atoms with van der Waals surface area (Å²) in [6, 6.07) is 7.86. The quantitative estimate of drug-likeness (QED) is 0.579. The Labute approximate surface area is 79.6 Å². The van der Waals surface area contributed by atoms with Crippen LogP contribution in [-0.2, 0) is 3.17 Å². The fraction of sp³-hybridized carbons (Fsp3) is 0.250. The average molecular weight is 280 g/mol. The van der Waals surface area contributed by atoms with Crippen molar-refractivity contribution < 1.29 is 6.60 Å². The monoisotopic (exact) mass is 280 g/mol. The number of quaternary nitrogens is 1. The second kappa shape index (κ2) is 2.66. The van der Waals surface area contributed by atoms with Crippen molar-refractivity contribution in [2.45, 2.75) is 0 Å². The minimum atomic E-state index is -2.27. The number of benzene rings is 1. The zero-order chi connectivity index (χ0) is 8.77. The third-order valence-corrected chi connectivity index (χ3v) is 5.11. The summed E-state index contributed by atoms with van der Waals surface area (Å²) >= 11 is -2.27. The Morgan fingerprint density at radius 2 is 2.00 bits per heavy atom. The van der Waals surface area contributed by atoms with E-state index in [1.54, 1.807) is 0 Å². The Kier molecular flexibility index (Phi) is 1.87. The third kappa shape index (κ3) is 1.15. The van der Waals surface area contributed by atoms with E-state index < -0.39 is 20.6 Å². The molecule has 66 valence electrons. The summed E-state index contributed by atoms with van der Waals surface area (Å²) in [6.45, 7) is 0. The Hall–Kier alpha value is -0.170. The van der Waals surface area contributed by atoms with E-state index in [0.717, 1.165) is 9.26 Å². The molecule has 0 radical (unpaired) electrons. The summed E-state index contributed by atoms with van der Waals surface area (Å²) in [5, 5.41) is 0. The van der Waals surface area contributed by atoms with Crippen LogP contribution in [0.5, 0.6) is 0 Å². The van der Waals surface area contributed by atoms with Crippen molar-refractivity contribution in [2.24, 2.45) is 0 Å². The SMILES string of the molecule is C[N+]1(C)OI(O)c2ccccc21. The second-order valence-corrected chi connectivity index (χ2v) is 5.97. The Bertz CT molecular complexity index is 314. The molecule has 0 fully saturated rings. The van der Waals surface area contributed by atoms with Gasteiger partial charge in [-0.1, -0.05) is 0 Å². The van der Waals surface area contributed by atoms with Gasteiger partial charge in [0.25, 0.3) is 0 Å². The minimum absolute atomic E-state index is 0.359. The Morgan fingerprint density at radius 1 is 1.33 bits per heavy atom. The van der Waals surface area contributed by atoms with E-state index >= 15 is 0 Å². The molecule has 0 aliphatic carbocycles. The van der Waals surface area contributed by atoms with Crippen LogP contribution in [0.25, 0.3) is 0 Å². The van der Waals surface area contributed by atoms with E-state index in [-0.39, 0.29) is 0 Å². The number of rotatable bonds is 0. The molecule has 1 aliphatic heterocycles. The number of nitrogens with zero attached hydrogens (tertiary/aromatic N) is 1. The van der Waals surface area contributed by atoms with Crippen molar-refractivity contribution in [2.75, 3.05) is 14.1 Å². The molecule has 0 atom stereocenters. The molecule has 0 saturated carbocycles. The molecule has 3 nitrogen and oxygen atoms in total. The summed E-state index contributed by atoms with van der Waals surface area (Å²) in [5.41, 5.74) is 1.09. The van der Waals surface area contributed by atoms with Crippen LogP contribution in [0.1, 0.15) is 0 Å². The zero-order valence-corrected chi connectivity index (χ0v) is 9.15. The molecular formula is C8H11INO2+. The van der Waals surface area contributed by atoms with E-state index in [0.29, 0.717) is 4.65 Å². The molecule has 0 bridgehead atoms. The van der Waals surface area contributed by atoms with Gasteiger partial charge in [-0.25, -0.2) is 0 Å². The first-order chi connectivity index (χ1) is 5.61. The maximum absolute atomic E-state index is 9.64. The van der Waals surface area contributed by atoms with Crippen LogP contribution in [-0.4, -0.2) is 17.5 Å². The second-order valence-electron chi connectivity index (χ2n) is 3.10. The van der Waals surface area contributed by atoms with Gasteiger partial charge in [0, 0.05) is 0 Å². The van der Waals surface area contributed by atoms with Crippen molar-refractivity contribution in [3.63, 3.8) is 0 Å². The average Bonchev–Trinajstić information content (AvgIpc) is 2.25. The molecule has 0 amide bonds. The topological polar surface area (TPSA) is 29.5 Å². The molecule has 0 spiro atoms. The molecule has 0 unspecified atom stereocenters. The van der Waals surface area contributed by atoms with Crippen LogP contribution in [0.2, 0.25) is 0 Å². The van der Waals surface area contributed by atoms with Gasteiger partial charge in [0.1, 0.15) is 0 Å². The number of fused-ring (bicyclic) bond motifs is 1. The summed E-state index contributed by atoms with van der Waals surface area (Å²) in [6.07, 6.45) is 0. The van der Waals surface area contributed by atoms with E-state index in [1.165, 1.54) is 0 Å². The molecule has 1 N–H and O–H groups in total. The van der Waals surface area contributed by atoms with E-state index in [4.69, 9.17) is 3.17 Å². The van der Waals surface area contributed by atoms with Gasteiger partial charge < -0.3 is 0 Å². The van der Waals surface area contributed by atoms with Gasteiger partial charge in [-0.3, -0.25) is 0 Å². The van der Waals surface area contributed by atoms with Gasteiger partial charge in [-0.15, -0.1) is 0 Å². The van der Waals surface area contributed by atoms with Gasteiger partial charge in [0.15, 0.2) is 0 Å². The molecule has 1 aromatic rings. The van der Waals surface area contributed by atoms with Crippen LogP contribution in [0.4, 0.5) is 5.69 Å². The Morgan fingerprint density at radius 3 is 2.67 bits per heavy atom. The molecule has 1 aliphatic rings. The van der Waals surface area contributed by atoms with Crippen molar-refractivity contribution in [1.82, 2.24) is 4.65 Å². The van der Waals surface area contributed by atoms with E-state index in [2.05, 4.69) is 0 Å². The summed E-state index contributed by atoms with van der Waals surface area (Å²) < 4.78 is 16.5. The summed E-state index contributed by atoms with van der Waals surface area (Å²) in [5.74, 6) is 0. The zero-order valence-electron chi connectivity index (χ0n) is 6.99. The van der Waals surface area contributed by atoms with E-state index in [9.17, 15) is 3.44 Å². The van der Waals surface area contributed by atoms with Gasteiger partial charge in [-0.2, -0.15) is 0 Å². The third-order valence-electron chi connectivity index (χ3n) is 1.84. The number of hydroxylamine groups is 2. The molecule has 4 heteroatoms. The summed E-state index contributed by atoms with van der Waals surface area (Å²) in [4.78, 5) is 0. The van der Waals surface area contributed by atoms with Crippen LogP contribution in [0, 0.1) is 3.57 Å². The number of para-hydroxylation sites is 1. The molecular weight excluding hydrogens is 269 g/mol. The fourth-order valence-electron chi connectivity index (χ4n) is 1.26. The van der Waals surface area contributed by atoms with Crippen LogP contribution >= 0.6 is 20.6 Å². The van der Waals surface area contributed by atoms with Gasteiger partial charge in [0.05, 0.1) is 0 Å². The fourth-order valence-corrected chi connectivity index (χ4v) is 4.37. The number of halogens is 1. The first kappa shape index (κ1) is 8.43. The Balaban J connectivity index is 2.58. The summed E-state index contributed by atoms with van der Waals surface area (Å²) in [7, 11) is 3.87. The van der Waals surface area contributed by atoms with Crippen LogP contribution in [0.3, 0.4) is 0 Å². The van der Waals surface area contributed by atoms with Crippen molar-refractivity contribution >= 4 is 26.3 Å². The molecule has 12 heavy (non-hydrogen) atoms. The molecule has 2 rings (SSSR count). The molecule has 1 heterocycles. The molecule has 1 aromatic carbocycles. The predicted octanol–water partition coefficient (Wildman–Crippen LogP) is 1.70. The van der Waals surface area contributed by atoms with Gasteiger partial charge in [0.2, 0.25) is 0 Å². The van der Waals surface area contributed by atoms with Crippen LogP contribution in [0.15, 0.2) is 24.3 Å². The van der Waals surface area contributed by atoms with Crippen molar-refractivity contribution in [1.29, 1.82) is 0 Å². The predicted molar refractivity (Wildman–Crippen MR) is 56.1 cm³/mol. The molecule has 0 saturated heterocycles. The standard InChI is InChI=1S/C8H11INO2/c1-10(2)8-6-4-3-5-7(8)9(11)12-10/h3-6,11H,1-2H3/q+1. The maximum atomic E-state index is 9.64. The van der Waals surface area contributed by atoms with Crippen LogP contribution < -0.4 is 4.65 Å². The normalized spacial score (nSPS) is 22.4. The van der Waals surface area contributed by atoms with Gasteiger partial charge in [-0.05, 0) is 0 Å². The number of hydrogen-bond donors (Lipinski definition) is 1. The van der Waals surface area contributed by atoms with Crippen molar-refractivity contribution in [3.8, 4) is 0 Å². The first-order valence-electron chi connectivity index (χ1n) is 3.64. The van der Waals surface area contributed by atoms with Gasteiger partial charge >= 0.3 is 79.5 Å². The molecule has 0 aromatic heterocycles. The number of hydrogen-bond acceptors (Lipinski definition) is 2. The van der Waals surface area contributed by atoms with Crippen molar-refractivity contribution in [3.05, 3.63) is 27.8 Å².